The van der Waals surface area contributed by atoms with Crippen LogP contribution in [-0.2, 0) is 14.3 Å². The quantitative estimate of drug-likeness (QED) is 0.0245. The van der Waals surface area contributed by atoms with Crippen molar-refractivity contribution >= 4 is 11.9 Å². The van der Waals surface area contributed by atoms with Gasteiger partial charge in [0, 0.05) is 6.42 Å². The van der Waals surface area contributed by atoms with Gasteiger partial charge in [0.15, 0.2) is 0 Å². The summed E-state index contributed by atoms with van der Waals surface area (Å²) in [7, 11) is 0. The van der Waals surface area contributed by atoms with E-state index in [0.717, 1.165) is 96.3 Å². The van der Waals surface area contributed by atoms with Crippen LogP contribution in [0.4, 0.5) is 0 Å². The summed E-state index contributed by atoms with van der Waals surface area (Å²) >= 11 is 0. The monoisotopic (exact) mass is 872 g/mol. The number of esters is 1. The van der Waals surface area contributed by atoms with E-state index in [1.165, 1.54) is 57.8 Å². The second kappa shape index (κ2) is 49.3. The van der Waals surface area contributed by atoms with E-state index in [0.29, 0.717) is 19.3 Å². The highest BCUT2D eigenvalue weighted by atomic mass is 16.5. The number of allylic oxidation sites excluding steroid dienone is 20. The van der Waals surface area contributed by atoms with Gasteiger partial charge in [-0.15, -0.1) is 0 Å². The highest BCUT2D eigenvalue weighted by Crippen LogP contribution is 2.16. The number of aliphatic hydroxyl groups excluding tert-OH is 2. The third kappa shape index (κ3) is 44.7. The summed E-state index contributed by atoms with van der Waals surface area (Å²) in [6, 6.07) is -0.737. The standard InChI is InChI=1S/C57H93NO5/c1-4-7-10-13-16-19-22-25-27-28-30-31-33-36-39-42-45-48-53(63-57(62)50-47-44-41-38-35-32-29-26-23-20-17-14-11-8-5-2)51-56(61)58-54(52-59)55(60)49-46-43-40-37-34-24-21-18-15-12-9-6-3/h7-8,10-11,14,16-17,19-20,23,25-27,29-32,35-36,39,53-55,59-60H,4-6,9,12-13,15,18,21-22,24,28,33-34,37-38,40-52H2,1-3H3,(H,58,61)/b10-7-,11-8+,17-14+,19-16-,23-20-,27-25-,29-26-,31-30-,35-32+,39-36-. The fourth-order valence-electron chi connectivity index (χ4n) is 6.89. The molecule has 6 heteroatoms. The maximum absolute atomic E-state index is 13.2. The molecule has 0 spiro atoms. The van der Waals surface area contributed by atoms with Gasteiger partial charge in [0.1, 0.15) is 6.10 Å². The molecule has 0 aromatic heterocycles. The topological polar surface area (TPSA) is 95.9 Å². The smallest absolute Gasteiger partial charge is 0.306 e. The first kappa shape index (κ1) is 59.3. The predicted molar refractivity (Wildman–Crippen MR) is 273 cm³/mol. The van der Waals surface area contributed by atoms with Crippen LogP contribution in [0, 0.1) is 0 Å². The third-order valence-corrected chi connectivity index (χ3v) is 10.7. The minimum atomic E-state index is -0.818. The Morgan fingerprint density at radius 3 is 1.49 bits per heavy atom. The zero-order chi connectivity index (χ0) is 45.9. The van der Waals surface area contributed by atoms with E-state index in [1.54, 1.807) is 0 Å². The van der Waals surface area contributed by atoms with Crippen LogP contribution in [-0.4, -0.2) is 46.9 Å². The highest BCUT2D eigenvalue weighted by molar-refractivity contribution is 5.77. The van der Waals surface area contributed by atoms with Gasteiger partial charge >= 0.3 is 5.97 Å². The first-order valence-corrected chi connectivity index (χ1v) is 25.3. The van der Waals surface area contributed by atoms with Crippen molar-refractivity contribution in [3.8, 4) is 0 Å². The average Bonchev–Trinajstić information content (AvgIpc) is 3.28. The Morgan fingerprint density at radius 1 is 0.492 bits per heavy atom. The van der Waals surface area contributed by atoms with Crippen LogP contribution >= 0.6 is 0 Å². The number of carbonyl (C=O) groups excluding carboxylic acids is 2. The Hall–Kier alpha value is -3.74. The summed E-state index contributed by atoms with van der Waals surface area (Å²) in [4.78, 5) is 26.1. The van der Waals surface area contributed by atoms with Crippen LogP contribution in [0.2, 0.25) is 0 Å². The van der Waals surface area contributed by atoms with Crippen LogP contribution in [0.3, 0.4) is 0 Å². The van der Waals surface area contributed by atoms with Crippen molar-refractivity contribution in [3.63, 3.8) is 0 Å². The molecule has 3 N–H and O–H groups in total. The molecule has 0 aromatic rings. The van der Waals surface area contributed by atoms with Gasteiger partial charge in [0.25, 0.3) is 0 Å². The number of nitrogens with one attached hydrogen (secondary N) is 1. The Morgan fingerprint density at radius 2 is 0.952 bits per heavy atom. The summed E-state index contributed by atoms with van der Waals surface area (Å²) in [5.41, 5.74) is 0. The van der Waals surface area contributed by atoms with E-state index in [9.17, 15) is 19.8 Å². The molecule has 0 bridgehead atoms. The first-order valence-electron chi connectivity index (χ1n) is 25.3. The molecule has 63 heavy (non-hydrogen) atoms. The normalized spacial score (nSPS) is 14.3. The number of ether oxygens (including phenoxy) is 1. The van der Waals surface area contributed by atoms with Gasteiger partial charge in [0.05, 0.1) is 25.2 Å². The minimum Gasteiger partial charge on any atom is -0.462 e. The molecule has 3 unspecified atom stereocenters. The maximum atomic E-state index is 13.2. The molecular formula is C57H93NO5. The Kier molecular flexibility index (Phi) is 46.4. The van der Waals surface area contributed by atoms with Gasteiger partial charge in [-0.25, -0.2) is 0 Å². The lowest BCUT2D eigenvalue weighted by Crippen LogP contribution is -2.46. The fourth-order valence-corrected chi connectivity index (χ4v) is 6.89. The summed E-state index contributed by atoms with van der Waals surface area (Å²) in [5.74, 6) is -0.592. The molecule has 0 saturated carbocycles. The fraction of sp³-hybridized carbons (Fsp3) is 0.614. The molecule has 0 aliphatic heterocycles. The van der Waals surface area contributed by atoms with Crippen molar-refractivity contribution < 1.29 is 24.5 Å². The molecule has 0 heterocycles. The molecule has 0 aliphatic rings. The van der Waals surface area contributed by atoms with E-state index in [2.05, 4.69) is 99.0 Å². The van der Waals surface area contributed by atoms with E-state index in [1.807, 2.05) is 48.6 Å². The lowest BCUT2D eigenvalue weighted by atomic mass is 10.0. The molecule has 0 aliphatic carbocycles. The van der Waals surface area contributed by atoms with Gasteiger partial charge < -0.3 is 20.3 Å². The van der Waals surface area contributed by atoms with Gasteiger partial charge in [-0.1, -0.05) is 226 Å². The zero-order valence-corrected chi connectivity index (χ0v) is 40.4. The number of amides is 1. The van der Waals surface area contributed by atoms with Crippen molar-refractivity contribution in [2.75, 3.05) is 6.61 Å². The molecular weight excluding hydrogens is 779 g/mol. The summed E-state index contributed by atoms with van der Waals surface area (Å²) in [6.45, 7) is 6.18. The third-order valence-electron chi connectivity index (χ3n) is 10.7. The Balaban J connectivity index is 4.82. The predicted octanol–water partition coefficient (Wildman–Crippen LogP) is 15.3. The number of hydrogen-bond acceptors (Lipinski definition) is 5. The van der Waals surface area contributed by atoms with Crippen LogP contribution < -0.4 is 5.32 Å². The molecule has 0 fully saturated rings. The SMILES string of the molecule is CC/C=C\C/C=C\C/C=C\C/C=C\C/C=C\CCCC(CC(=O)NC(CO)C(O)CCCCCCCCCCCCCC)OC(=O)CCCCC/C=C/C=C\C=C/C=C/C=C/CC. The van der Waals surface area contributed by atoms with Crippen molar-refractivity contribution in [3.05, 3.63) is 122 Å². The zero-order valence-electron chi connectivity index (χ0n) is 40.4. The molecule has 0 rings (SSSR count). The van der Waals surface area contributed by atoms with Crippen molar-refractivity contribution in [1.82, 2.24) is 5.32 Å². The number of hydrogen-bond donors (Lipinski definition) is 3. The second-order valence-corrected chi connectivity index (χ2v) is 16.6. The molecule has 1 amide bonds. The first-order chi connectivity index (χ1) is 31.0. The van der Waals surface area contributed by atoms with Crippen molar-refractivity contribution in [2.24, 2.45) is 0 Å². The summed E-state index contributed by atoms with van der Waals surface area (Å²) < 4.78 is 5.88. The summed E-state index contributed by atoms with van der Waals surface area (Å²) in [6.07, 6.45) is 68.3. The maximum Gasteiger partial charge on any atom is 0.306 e. The van der Waals surface area contributed by atoms with E-state index >= 15 is 0 Å². The van der Waals surface area contributed by atoms with E-state index in [4.69, 9.17) is 4.74 Å². The highest BCUT2D eigenvalue weighted by Gasteiger charge is 2.24. The van der Waals surface area contributed by atoms with Gasteiger partial charge in [-0.3, -0.25) is 9.59 Å². The van der Waals surface area contributed by atoms with Crippen molar-refractivity contribution in [1.29, 1.82) is 0 Å². The number of unbranched alkanes of at least 4 members (excludes halogenated alkanes) is 15. The molecule has 0 aromatic carbocycles. The van der Waals surface area contributed by atoms with Gasteiger partial charge in [-0.05, 0) is 83.5 Å². The molecule has 356 valence electrons. The largest absolute Gasteiger partial charge is 0.462 e. The number of aliphatic hydroxyl groups is 2. The second-order valence-electron chi connectivity index (χ2n) is 16.6. The Labute approximate surface area is 387 Å². The molecule has 6 nitrogen and oxygen atoms in total. The average molecular weight is 872 g/mol. The molecule has 0 radical (unpaired) electrons. The van der Waals surface area contributed by atoms with Crippen LogP contribution in [0.1, 0.15) is 201 Å². The van der Waals surface area contributed by atoms with Gasteiger partial charge in [-0.2, -0.15) is 0 Å². The molecule has 0 saturated heterocycles. The summed E-state index contributed by atoms with van der Waals surface area (Å²) in [5, 5.41) is 23.7. The van der Waals surface area contributed by atoms with E-state index < -0.39 is 18.2 Å². The lowest BCUT2D eigenvalue weighted by molar-refractivity contribution is -0.151. The van der Waals surface area contributed by atoms with Crippen LogP contribution in [0.15, 0.2) is 122 Å². The van der Waals surface area contributed by atoms with Crippen molar-refractivity contribution in [2.45, 2.75) is 219 Å². The van der Waals surface area contributed by atoms with Crippen LogP contribution in [0.25, 0.3) is 0 Å². The Bertz CT molecular complexity index is 1350. The molecule has 3 atom stereocenters. The minimum absolute atomic E-state index is 0.0128. The lowest BCUT2D eigenvalue weighted by Gasteiger charge is -2.24. The number of carbonyl (C=O) groups is 2. The van der Waals surface area contributed by atoms with Crippen LogP contribution in [0.5, 0.6) is 0 Å². The van der Waals surface area contributed by atoms with E-state index in [-0.39, 0.29) is 24.9 Å². The van der Waals surface area contributed by atoms with Gasteiger partial charge in [0.2, 0.25) is 5.91 Å². The number of rotatable bonds is 43.